The SMILES string of the molecule is CC[C@H](C(=O)NC(C)C)N(Cc1ccc(Cl)c(Cl)c1)C(=O)CN(c1ccccc1)S(=O)(=O)c1ccc(OC)cc1. The molecule has 0 fully saturated rings. The predicted molar refractivity (Wildman–Crippen MR) is 158 cm³/mol. The summed E-state index contributed by atoms with van der Waals surface area (Å²) in [6, 6.07) is 18.2. The lowest BCUT2D eigenvalue weighted by Gasteiger charge is -2.33. The molecule has 3 rings (SSSR count). The molecular weight excluding hydrogens is 573 g/mol. The van der Waals surface area contributed by atoms with Crippen molar-refractivity contribution >= 4 is 50.7 Å². The molecule has 214 valence electrons. The number of ether oxygens (including phenoxy) is 1. The molecule has 2 amide bonds. The van der Waals surface area contributed by atoms with E-state index in [0.29, 0.717) is 33.5 Å². The summed E-state index contributed by atoms with van der Waals surface area (Å²) in [5.74, 6) is -0.399. The van der Waals surface area contributed by atoms with Gasteiger partial charge in [0, 0.05) is 12.6 Å². The Morgan fingerprint density at radius 1 is 0.950 bits per heavy atom. The van der Waals surface area contributed by atoms with E-state index in [4.69, 9.17) is 27.9 Å². The first-order valence-corrected chi connectivity index (χ1v) is 14.9. The van der Waals surface area contributed by atoms with Gasteiger partial charge in [-0.3, -0.25) is 13.9 Å². The zero-order chi connectivity index (χ0) is 29.4. The third-order valence-corrected chi connectivity index (χ3v) is 8.65. The van der Waals surface area contributed by atoms with Gasteiger partial charge >= 0.3 is 0 Å². The summed E-state index contributed by atoms with van der Waals surface area (Å²) in [4.78, 5) is 28.6. The molecule has 0 aliphatic heterocycles. The Bertz CT molecular complexity index is 1420. The van der Waals surface area contributed by atoms with Crippen LogP contribution in [-0.2, 0) is 26.2 Å². The Balaban J connectivity index is 2.05. The first-order valence-electron chi connectivity index (χ1n) is 12.7. The van der Waals surface area contributed by atoms with Gasteiger partial charge in [0.05, 0.1) is 27.7 Å². The second kappa shape index (κ2) is 13.9. The van der Waals surface area contributed by atoms with Gasteiger partial charge in [-0.1, -0.05) is 54.4 Å². The monoisotopic (exact) mass is 605 g/mol. The Hall–Kier alpha value is -3.27. The maximum atomic E-state index is 14.0. The number of anilines is 1. The Morgan fingerprint density at radius 3 is 2.15 bits per heavy atom. The molecule has 0 aliphatic carbocycles. The molecular formula is C29H33Cl2N3O5S. The van der Waals surface area contributed by atoms with Crippen LogP contribution in [0.2, 0.25) is 10.0 Å². The molecule has 0 aromatic heterocycles. The van der Waals surface area contributed by atoms with Crippen LogP contribution in [0.25, 0.3) is 0 Å². The fourth-order valence-electron chi connectivity index (χ4n) is 4.13. The highest BCUT2D eigenvalue weighted by atomic mass is 35.5. The van der Waals surface area contributed by atoms with E-state index in [-0.39, 0.29) is 23.4 Å². The van der Waals surface area contributed by atoms with Crippen LogP contribution >= 0.6 is 23.2 Å². The summed E-state index contributed by atoms with van der Waals surface area (Å²) < 4.78 is 33.9. The van der Waals surface area contributed by atoms with Gasteiger partial charge in [-0.05, 0) is 74.4 Å². The molecule has 1 N–H and O–H groups in total. The molecule has 0 unspecified atom stereocenters. The van der Waals surface area contributed by atoms with Gasteiger partial charge in [0.1, 0.15) is 18.3 Å². The number of halogens is 2. The van der Waals surface area contributed by atoms with Crippen molar-refractivity contribution in [1.29, 1.82) is 0 Å². The minimum Gasteiger partial charge on any atom is -0.497 e. The van der Waals surface area contributed by atoms with Crippen molar-refractivity contribution in [3.8, 4) is 5.75 Å². The van der Waals surface area contributed by atoms with Crippen LogP contribution in [0.15, 0.2) is 77.7 Å². The molecule has 0 radical (unpaired) electrons. The third kappa shape index (κ3) is 7.68. The lowest BCUT2D eigenvalue weighted by Crippen LogP contribution is -2.53. The molecule has 3 aromatic carbocycles. The van der Waals surface area contributed by atoms with Crippen LogP contribution in [0.4, 0.5) is 5.69 Å². The van der Waals surface area contributed by atoms with Crippen molar-refractivity contribution < 1.29 is 22.7 Å². The summed E-state index contributed by atoms with van der Waals surface area (Å²) in [6.07, 6.45) is 0.308. The lowest BCUT2D eigenvalue weighted by atomic mass is 10.1. The van der Waals surface area contributed by atoms with Crippen LogP contribution in [0, 0.1) is 0 Å². The van der Waals surface area contributed by atoms with E-state index < -0.39 is 28.5 Å². The summed E-state index contributed by atoms with van der Waals surface area (Å²) in [5.41, 5.74) is 0.948. The van der Waals surface area contributed by atoms with Crippen molar-refractivity contribution in [3.63, 3.8) is 0 Å². The number of para-hydroxylation sites is 1. The number of amides is 2. The molecule has 11 heteroatoms. The molecule has 0 saturated carbocycles. The first-order chi connectivity index (χ1) is 19.0. The van der Waals surface area contributed by atoms with E-state index in [1.807, 2.05) is 13.8 Å². The largest absolute Gasteiger partial charge is 0.497 e. The van der Waals surface area contributed by atoms with Gasteiger partial charge in [0.2, 0.25) is 11.8 Å². The minimum absolute atomic E-state index is 0.00872. The van der Waals surface area contributed by atoms with Crippen LogP contribution in [0.1, 0.15) is 32.8 Å². The highest BCUT2D eigenvalue weighted by Crippen LogP contribution is 2.27. The van der Waals surface area contributed by atoms with E-state index >= 15 is 0 Å². The number of rotatable bonds is 12. The second-order valence-electron chi connectivity index (χ2n) is 9.38. The number of carbonyl (C=O) groups excluding carboxylic acids is 2. The smallest absolute Gasteiger partial charge is 0.264 e. The standard InChI is InChI=1S/C29H33Cl2N3O5S/c1-5-27(29(36)32-20(2)3)33(18-21-11-16-25(30)26(31)17-21)28(35)19-34(22-9-7-6-8-10-22)40(37,38)24-14-12-23(39-4)13-15-24/h6-17,20,27H,5,18-19H2,1-4H3,(H,32,36)/t27-/m1/s1. The first kappa shape index (κ1) is 31.3. The quantitative estimate of drug-likeness (QED) is 0.293. The fourth-order valence-corrected chi connectivity index (χ4v) is 5.87. The molecule has 0 saturated heterocycles. The lowest BCUT2D eigenvalue weighted by molar-refractivity contribution is -0.140. The highest BCUT2D eigenvalue weighted by molar-refractivity contribution is 7.92. The van der Waals surface area contributed by atoms with E-state index in [1.54, 1.807) is 55.5 Å². The van der Waals surface area contributed by atoms with Gasteiger partial charge in [0.25, 0.3) is 10.0 Å². The van der Waals surface area contributed by atoms with E-state index in [1.165, 1.54) is 36.3 Å². The normalized spacial score (nSPS) is 12.1. The molecule has 0 heterocycles. The number of hydrogen-bond acceptors (Lipinski definition) is 5. The average molecular weight is 607 g/mol. The number of nitrogens with zero attached hydrogens (tertiary/aromatic N) is 2. The van der Waals surface area contributed by atoms with Gasteiger partial charge in [-0.25, -0.2) is 8.42 Å². The highest BCUT2D eigenvalue weighted by Gasteiger charge is 2.34. The Morgan fingerprint density at radius 2 is 1.60 bits per heavy atom. The predicted octanol–water partition coefficient (Wildman–Crippen LogP) is 5.53. The van der Waals surface area contributed by atoms with Crippen molar-refractivity contribution in [3.05, 3.63) is 88.4 Å². The van der Waals surface area contributed by atoms with E-state index in [2.05, 4.69) is 5.32 Å². The summed E-state index contributed by atoms with van der Waals surface area (Å²) in [5, 5.41) is 3.52. The zero-order valence-corrected chi connectivity index (χ0v) is 25.1. The number of hydrogen-bond donors (Lipinski definition) is 1. The number of carbonyl (C=O) groups is 2. The summed E-state index contributed by atoms with van der Waals surface area (Å²) in [6.45, 7) is 4.93. The van der Waals surface area contributed by atoms with Gasteiger partial charge in [-0.2, -0.15) is 0 Å². The summed E-state index contributed by atoms with van der Waals surface area (Å²) in [7, 11) is -2.69. The van der Waals surface area contributed by atoms with Crippen molar-refractivity contribution in [1.82, 2.24) is 10.2 Å². The minimum atomic E-state index is -4.17. The topological polar surface area (TPSA) is 96.0 Å². The molecule has 0 bridgehead atoms. The maximum absolute atomic E-state index is 14.0. The van der Waals surface area contributed by atoms with Gasteiger partial charge in [-0.15, -0.1) is 0 Å². The second-order valence-corrected chi connectivity index (χ2v) is 12.1. The Labute approximate surface area is 245 Å². The zero-order valence-electron chi connectivity index (χ0n) is 22.8. The number of sulfonamides is 1. The molecule has 1 atom stereocenters. The Kier molecular flexibility index (Phi) is 10.8. The van der Waals surface area contributed by atoms with Gasteiger partial charge in [0.15, 0.2) is 0 Å². The van der Waals surface area contributed by atoms with E-state index in [9.17, 15) is 18.0 Å². The summed E-state index contributed by atoms with van der Waals surface area (Å²) >= 11 is 12.3. The van der Waals surface area contributed by atoms with E-state index in [0.717, 1.165) is 4.31 Å². The van der Waals surface area contributed by atoms with Crippen LogP contribution in [0.3, 0.4) is 0 Å². The third-order valence-electron chi connectivity index (χ3n) is 6.12. The molecule has 8 nitrogen and oxygen atoms in total. The number of methoxy groups -OCH3 is 1. The van der Waals surface area contributed by atoms with Gasteiger partial charge < -0.3 is 15.0 Å². The average Bonchev–Trinajstić information content (AvgIpc) is 2.93. The van der Waals surface area contributed by atoms with Crippen molar-refractivity contribution in [2.75, 3.05) is 18.0 Å². The van der Waals surface area contributed by atoms with Crippen LogP contribution < -0.4 is 14.4 Å². The molecule has 40 heavy (non-hydrogen) atoms. The number of benzene rings is 3. The van der Waals surface area contributed by atoms with Crippen molar-refractivity contribution in [2.45, 2.75) is 50.7 Å². The fraction of sp³-hybridized carbons (Fsp3) is 0.310. The molecule has 3 aromatic rings. The maximum Gasteiger partial charge on any atom is 0.264 e. The molecule has 0 spiro atoms. The van der Waals surface area contributed by atoms with Crippen molar-refractivity contribution in [2.24, 2.45) is 0 Å². The molecule has 0 aliphatic rings. The number of nitrogens with one attached hydrogen (secondary N) is 1. The van der Waals surface area contributed by atoms with Crippen LogP contribution in [-0.4, -0.2) is 50.9 Å². The van der Waals surface area contributed by atoms with Crippen LogP contribution in [0.5, 0.6) is 5.75 Å².